The second-order valence-electron chi connectivity index (χ2n) is 5.01. The van der Waals surface area contributed by atoms with E-state index in [1.165, 1.54) is 12.5 Å². The number of rotatable bonds is 5. The summed E-state index contributed by atoms with van der Waals surface area (Å²) in [6.07, 6.45) is 3.35. The summed E-state index contributed by atoms with van der Waals surface area (Å²) < 4.78 is 18.7. The average Bonchev–Trinajstić information content (AvgIpc) is 2.41. The van der Waals surface area contributed by atoms with E-state index in [4.69, 9.17) is 4.74 Å². The average molecular weight is 251 g/mol. The first-order valence-electron chi connectivity index (χ1n) is 6.86. The van der Waals surface area contributed by atoms with Crippen molar-refractivity contribution in [2.45, 2.75) is 32.2 Å². The number of hydrogen-bond donors (Lipinski definition) is 1. The van der Waals surface area contributed by atoms with Crippen LogP contribution in [0.2, 0.25) is 0 Å². The van der Waals surface area contributed by atoms with E-state index < -0.39 is 0 Å². The van der Waals surface area contributed by atoms with E-state index in [-0.39, 0.29) is 11.9 Å². The van der Waals surface area contributed by atoms with Gasteiger partial charge in [0.15, 0.2) is 0 Å². The molecule has 1 heterocycles. The number of benzene rings is 1. The van der Waals surface area contributed by atoms with Gasteiger partial charge in [-0.3, -0.25) is 0 Å². The molecular weight excluding hydrogens is 229 g/mol. The zero-order valence-electron chi connectivity index (χ0n) is 11.0. The molecule has 1 aromatic carbocycles. The van der Waals surface area contributed by atoms with Crippen molar-refractivity contribution in [3.05, 3.63) is 35.6 Å². The van der Waals surface area contributed by atoms with Crippen LogP contribution in [0.3, 0.4) is 0 Å². The van der Waals surface area contributed by atoms with Crippen LogP contribution in [-0.4, -0.2) is 19.8 Å². The van der Waals surface area contributed by atoms with Crippen LogP contribution in [0.5, 0.6) is 0 Å². The van der Waals surface area contributed by atoms with Gasteiger partial charge in [-0.05, 0) is 42.9 Å². The second kappa shape index (κ2) is 6.86. The van der Waals surface area contributed by atoms with E-state index in [2.05, 4.69) is 12.2 Å². The van der Waals surface area contributed by atoms with Gasteiger partial charge in [-0.25, -0.2) is 4.39 Å². The van der Waals surface area contributed by atoms with E-state index in [1.54, 1.807) is 12.1 Å². The van der Waals surface area contributed by atoms with Crippen LogP contribution in [0.1, 0.15) is 37.8 Å². The molecule has 2 rings (SSSR count). The Labute approximate surface area is 109 Å². The lowest BCUT2D eigenvalue weighted by molar-refractivity contribution is 0.0537. The highest BCUT2D eigenvalue weighted by Gasteiger charge is 2.16. The fraction of sp³-hybridized carbons (Fsp3) is 0.600. The Balaban J connectivity index is 1.88. The van der Waals surface area contributed by atoms with Gasteiger partial charge in [0.1, 0.15) is 5.82 Å². The van der Waals surface area contributed by atoms with Crippen LogP contribution >= 0.6 is 0 Å². The molecule has 1 fully saturated rings. The van der Waals surface area contributed by atoms with E-state index in [1.807, 2.05) is 6.07 Å². The van der Waals surface area contributed by atoms with Crippen molar-refractivity contribution in [2.75, 3.05) is 19.8 Å². The molecule has 1 aromatic rings. The minimum atomic E-state index is -0.159. The Morgan fingerprint density at radius 2 is 2.39 bits per heavy atom. The fourth-order valence-corrected chi connectivity index (χ4v) is 2.50. The quantitative estimate of drug-likeness (QED) is 0.867. The van der Waals surface area contributed by atoms with E-state index in [9.17, 15) is 4.39 Å². The Bertz CT molecular complexity index is 363. The van der Waals surface area contributed by atoms with Gasteiger partial charge in [0.05, 0.1) is 6.61 Å². The van der Waals surface area contributed by atoms with Gasteiger partial charge < -0.3 is 10.1 Å². The lowest BCUT2D eigenvalue weighted by atomic mass is 10.00. The largest absolute Gasteiger partial charge is 0.381 e. The van der Waals surface area contributed by atoms with Crippen molar-refractivity contribution in [3.63, 3.8) is 0 Å². The summed E-state index contributed by atoms with van der Waals surface area (Å²) in [6.45, 7) is 4.83. The Morgan fingerprint density at radius 1 is 1.50 bits per heavy atom. The fourth-order valence-electron chi connectivity index (χ4n) is 2.50. The van der Waals surface area contributed by atoms with Crippen LogP contribution in [0.15, 0.2) is 24.3 Å². The minimum absolute atomic E-state index is 0.159. The van der Waals surface area contributed by atoms with Gasteiger partial charge in [-0.15, -0.1) is 0 Å². The normalized spacial score (nSPS) is 21.8. The molecule has 0 bridgehead atoms. The molecule has 0 saturated carbocycles. The first kappa shape index (κ1) is 13.5. The van der Waals surface area contributed by atoms with E-state index in [0.29, 0.717) is 5.92 Å². The summed E-state index contributed by atoms with van der Waals surface area (Å²) in [7, 11) is 0. The van der Waals surface area contributed by atoms with Gasteiger partial charge in [-0.2, -0.15) is 0 Å². The maximum atomic E-state index is 13.2. The van der Waals surface area contributed by atoms with Crippen molar-refractivity contribution in [2.24, 2.45) is 5.92 Å². The van der Waals surface area contributed by atoms with Crippen molar-refractivity contribution in [1.29, 1.82) is 0 Å². The molecule has 2 unspecified atom stereocenters. The highest BCUT2D eigenvalue weighted by molar-refractivity contribution is 5.20. The van der Waals surface area contributed by atoms with Crippen LogP contribution in [-0.2, 0) is 4.74 Å². The number of halogens is 1. The molecule has 1 N–H and O–H groups in total. The zero-order valence-corrected chi connectivity index (χ0v) is 11.0. The molecule has 3 heteroatoms. The third kappa shape index (κ3) is 3.79. The first-order valence-corrected chi connectivity index (χ1v) is 6.86. The standard InChI is InChI=1S/C15H22FNO/c1-2-15(13-6-3-7-14(16)9-13)17-10-12-5-4-8-18-11-12/h3,6-7,9,12,15,17H,2,4-5,8,10-11H2,1H3. The minimum Gasteiger partial charge on any atom is -0.381 e. The second-order valence-corrected chi connectivity index (χ2v) is 5.01. The summed E-state index contributed by atoms with van der Waals surface area (Å²) in [6, 6.07) is 7.12. The Hall–Kier alpha value is -0.930. The summed E-state index contributed by atoms with van der Waals surface area (Å²) in [5.74, 6) is 0.440. The van der Waals surface area contributed by atoms with Crippen LogP contribution < -0.4 is 5.32 Å². The lowest BCUT2D eigenvalue weighted by Crippen LogP contribution is -2.31. The lowest BCUT2D eigenvalue weighted by Gasteiger charge is -2.25. The smallest absolute Gasteiger partial charge is 0.123 e. The molecule has 2 nitrogen and oxygen atoms in total. The summed E-state index contributed by atoms with van der Waals surface area (Å²) in [5, 5.41) is 3.54. The molecule has 0 aromatic heterocycles. The predicted molar refractivity (Wildman–Crippen MR) is 71.0 cm³/mol. The van der Waals surface area contributed by atoms with Crippen LogP contribution in [0, 0.1) is 11.7 Å². The summed E-state index contributed by atoms with van der Waals surface area (Å²) >= 11 is 0. The third-order valence-electron chi connectivity index (χ3n) is 3.57. The highest BCUT2D eigenvalue weighted by Crippen LogP contribution is 2.19. The number of nitrogens with one attached hydrogen (secondary N) is 1. The third-order valence-corrected chi connectivity index (χ3v) is 3.57. The molecule has 0 aliphatic carbocycles. The van der Waals surface area contributed by atoms with Crippen molar-refractivity contribution in [3.8, 4) is 0 Å². The maximum Gasteiger partial charge on any atom is 0.123 e. The molecule has 1 aliphatic heterocycles. The van der Waals surface area contributed by atoms with Crippen LogP contribution in [0.4, 0.5) is 4.39 Å². The molecule has 2 atom stereocenters. The Kier molecular flexibility index (Phi) is 5.14. The zero-order chi connectivity index (χ0) is 12.8. The molecule has 0 spiro atoms. The monoisotopic (exact) mass is 251 g/mol. The highest BCUT2D eigenvalue weighted by atomic mass is 19.1. The molecule has 100 valence electrons. The van der Waals surface area contributed by atoms with Gasteiger partial charge in [0.2, 0.25) is 0 Å². The molecule has 1 saturated heterocycles. The van der Waals surface area contributed by atoms with Gasteiger partial charge in [0.25, 0.3) is 0 Å². The molecule has 1 aliphatic rings. The molecule has 18 heavy (non-hydrogen) atoms. The molecule has 0 amide bonds. The summed E-state index contributed by atoms with van der Waals surface area (Å²) in [4.78, 5) is 0. The van der Waals surface area contributed by atoms with E-state index in [0.717, 1.165) is 38.2 Å². The van der Waals surface area contributed by atoms with Gasteiger partial charge in [-0.1, -0.05) is 19.1 Å². The SMILES string of the molecule is CCC(NCC1CCCOC1)c1cccc(F)c1. The predicted octanol–water partition coefficient (Wildman–Crippen LogP) is 3.29. The van der Waals surface area contributed by atoms with Crippen LogP contribution in [0.25, 0.3) is 0 Å². The van der Waals surface area contributed by atoms with Gasteiger partial charge in [0, 0.05) is 19.2 Å². The van der Waals surface area contributed by atoms with Crippen molar-refractivity contribution < 1.29 is 9.13 Å². The maximum absolute atomic E-state index is 13.2. The first-order chi connectivity index (χ1) is 8.79. The molecule has 0 radical (unpaired) electrons. The van der Waals surface area contributed by atoms with Gasteiger partial charge >= 0.3 is 0 Å². The number of ether oxygens (including phenoxy) is 1. The summed E-state index contributed by atoms with van der Waals surface area (Å²) in [5.41, 5.74) is 1.04. The molecular formula is C15H22FNO. The number of hydrogen-bond acceptors (Lipinski definition) is 2. The topological polar surface area (TPSA) is 21.3 Å². The Morgan fingerprint density at radius 3 is 3.06 bits per heavy atom. The van der Waals surface area contributed by atoms with Crippen molar-refractivity contribution >= 4 is 0 Å². The van der Waals surface area contributed by atoms with Crippen molar-refractivity contribution in [1.82, 2.24) is 5.32 Å². The van der Waals surface area contributed by atoms with E-state index >= 15 is 0 Å².